The van der Waals surface area contributed by atoms with E-state index in [1.807, 2.05) is 20.8 Å². The fourth-order valence-electron chi connectivity index (χ4n) is 2.94. The third-order valence-electron chi connectivity index (χ3n) is 3.86. The van der Waals surface area contributed by atoms with Gasteiger partial charge in [-0.2, -0.15) is 5.26 Å². The van der Waals surface area contributed by atoms with Crippen LogP contribution >= 0.6 is 11.8 Å². The molecule has 0 aromatic heterocycles. The average Bonchev–Trinajstić information content (AvgIpc) is 2.33. The molecule has 1 aliphatic carbocycles. The van der Waals surface area contributed by atoms with Crippen LogP contribution in [-0.4, -0.2) is 22.5 Å². The van der Waals surface area contributed by atoms with E-state index >= 15 is 0 Å². The zero-order valence-electron chi connectivity index (χ0n) is 12.5. The standard InChI is InChI=1S/C15H19N3O2S/c1-8-9(6-16)14(21-7-12(17)20)18-10-4-15(2,3)5-11(19)13(8)10/h8-9H,4-5,7H2,1-3H3,(H2,17,20). The lowest BCUT2D eigenvalue weighted by Crippen LogP contribution is -2.35. The van der Waals surface area contributed by atoms with Crippen molar-refractivity contribution in [1.82, 2.24) is 0 Å². The summed E-state index contributed by atoms with van der Waals surface area (Å²) >= 11 is 1.21. The number of thioether (sulfide) groups is 1. The van der Waals surface area contributed by atoms with E-state index in [0.717, 1.165) is 12.1 Å². The first-order chi connectivity index (χ1) is 9.75. The number of nitrogens with two attached hydrogens (primary N) is 1. The molecule has 0 bridgehead atoms. The predicted molar refractivity (Wildman–Crippen MR) is 82.4 cm³/mol. The van der Waals surface area contributed by atoms with Gasteiger partial charge in [0.25, 0.3) is 0 Å². The number of nitrogens with zero attached hydrogens (tertiary/aromatic N) is 2. The maximum atomic E-state index is 12.4. The Balaban J connectivity index is 2.40. The molecule has 1 aliphatic heterocycles. The van der Waals surface area contributed by atoms with Gasteiger partial charge in [-0.15, -0.1) is 0 Å². The molecule has 112 valence electrons. The summed E-state index contributed by atoms with van der Waals surface area (Å²) in [5, 5.41) is 9.99. The van der Waals surface area contributed by atoms with Gasteiger partial charge in [-0.05, 0) is 11.8 Å². The molecule has 0 aromatic carbocycles. The number of rotatable bonds is 2. The molecule has 2 N–H and O–H groups in total. The number of aliphatic imine (C=N–C) groups is 1. The molecule has 2 aliphatic rings. The molecule has 0 saturated carbocycles. The molecule has 21 heavy (non-hydrogen) atoms. The van der Waals surface area contributed by atoms with Crippen LogP contribution in [0.1, 0.15) is 33.6 Å². The van der Waals surface area contributed by atoms with Gasteiger partial charge in [0.2, 0.25) is 5.91 Å². The summed E-state index contributed by atoms with van der Waals surface area (Å²) in [5.74, 6) is -0.896. The lowest BCUT2D eigenvalue weighted by atomic mass is 9.70. The van der Waals surface area contributed by atoms with Gasteiger partial charge in [0.15, 0.2) is 5.78 Å². The number of Topliss-reactive ketones (excluding diaryl/α,β-unsaturated/α-hetero) is 1. The summed E-state index contributed by atoms with van der Waals surface area (Å²) in [7, 11) is 0. The maximum Gasteiger partial charge on any atom is 0.227 e. The third kappa shape index (κ3) is 3.18. The lowest BCUT2D eigenvalue weighted by Gasteiger charge is -2.36. The molecule has 1 amide bonds. The van der Waals surface area contributed by atoms with Crippen molar-refractivity contribution in [1.29, 1.82) is 5.26 Å². The Morgan fingerprint density at radius 2 is 2.19 bits per heavy atom. The molecule has 2 unspecified atom stereocenters. The smallest absolute Gasteiger partial charge is 0.227 e. The van der Waals surface area contributed by atoms with E-state index in [0.29, 0.717) is 17.0 Å². The first-order valence-electron chi connectivity index (χ1n) is 6.91. The van der Waals surface area contributed by atoms with Crippen LogP contribution in [0.15, 0.2) is 16.3 Å². The van der Waals surface area contributed by atoms with Crippen LogP contribution in [-0.2, 0) is 9.59 Å². The van der Waals surface area contributed by atoms with Gasteiger partial charge < -0.3 is 5.73 Å². The molecule has 0 spiro atoms. The Kier molecular flexibility index (Phi) is 4.24. The number of allylic oxidation sites excluding steroid dienone is 2. The second-order valence-electron chi connectivity index (χ2n) is 6.40. The minimum absolute atomic E-state index is 0.0942. The van der Waals surface area contributed by atoms with Gasteiger partial charge in [-0.3, -0.25) is 9.59 Å². The third-order valence-corrected chi connectivity index (χ3v) is 4.93. The number of hydrogen-bond donors (Lipinski definition) is 1. The first-order valence-corrected chi connectivity index (χ1v) is 7.89. The van der Waals surface area contributed by atoms with E-state index in [9.17, 15) is 14.9 Å². The van der Waals surface area contributed by atoms with Crippen molar-refractivity contribution in [2.24, 2.45) is 28.0 Å². The number of amides is 1. The molecule has 0 saturated heterocycles. The van der Waals surface area contributed by atoms with E-state index in [4.69, 9.17) is 5.73 Å². The van der Waals surface area contributed by atoms with Gasteiger partial charge in [0.05, 0.1) is 16.9 Å². The SMILES string of the molecule is CC1C2=C(CC(C)(C)CC2=O)N=C(SCC(N)=O)C1C#N. The first kappa shape index (κ1) is 15.8. The number of carbonyl (C=O) groups excluding carboxylic acids is 2. The second kappa shape index (κ2) is 5.64. The fraction of sp³-hybridized carbons (Fsp3) is 0.600. The van der Waals surface area contributed by atoms with Crippen molar-refractivity contribution in [3.8, 4) is 6.07 Å². The summed E-state index contributed by atoms with van der Waals surface area (Å²) in [6.07, 6.45) is 1.21. The van der Waals surface area contributed by atoms with E-state index in [2.05, 4.69) is 11.1 Å². The highest BCUT2D eigenvalue weighted by Crippen LogP contribution is 2.44. The van der Waals surface area contributed by atoms with Crippen molar-refractivity contribution in [2.45, 2.75) is 33.6 Å². The molecule has 6 heteroatoms. The molecule has 1 heterocycles. The lowest BCUT2D eigenvalue weighted by molar-refractivity contribution is -0.119. The Bertz CT molecular complexity index is 599. The van der Waals surface area contributed by atoms with Crippen LogP contribution in [0.5, 0.6) is 0 Å². The van der Waals surface area contributed by atoms with Crippen molar-refractivity contribution >= 4 is 28.5 Å². The topological polar surface area (TPSA) is 96.3 Å². The highest BCUT2D eigenvalue weighted by molar-refractivity contribution is 8.14. The van der Waals surface area contributed by atoms with Gasteiger partial charge in [0.1, 0.15) is 5.92 Å². The summed E-state index contributed by atoms with van der Waals surface area (Å²) in [6.45, 7) is 5.97. The molecule has 2 rings (SSSR count). The quantitative estimate of drug-likeness (QED) is 0.844. The molecular formula is C15H19N3O2S. The van der Waals surface area contributed by atoms with Crippen molar-refractivity contribution in [3.63, 3.8) is 0 Å². The van der Waals surface area contributed by atoms with Gasteiger partial charge in [0, 0.05) is 23.6 Å². The Morgan fingerprint density at radius 1 is 1.52 bits per heavy atom. The van der Waals surface area contributed by atoms with Crippen LogP contribution in [0.2, 0.25) is 0 Å². The minimum atomic E-state index is -0.474. The second-order valence-corrected chi connectivity index (χ2v) is 7.40. The monoisotopic (exact) mass is 305 g/mol. The average molecular weight is 305 g/mol. The van der Waals surface area contributed by atoms with Gasteiger partial charge >= 0.3 is 0 Å². The van der Waals surface area contributed by atoms with Crippen LogP contribution in [0.3, 0.4) is 0 Å². The summed E-state index contributed by atoms with van der Waals surface area (Å²) < 4.78 is 0. The normalized spacial score (nSPS) is 27.7. The fourth-order valence-corrected chi connectivity index (χ4v) is 3.84. The van der Waals surface area contributed by atoms with Crippen molar-refractivity contribution in [3.05, 3.63) is 11.3 Å². The number of hydrogen-bond acceptors (Lipinski definition) is 5. The summed E-state index contributed by atoms with van der Waals surface area (Å²) in [6, 6.07) is 2.21. The number of ketones is 1. The Hall–Kier alpha value is -1.61. The number of carbonyl (C=O) groups is 2. The van der Waals surface area contributed by atoms with E-state index in [-0.39, 0.29) is 22.9 Å². The van der Waals surface area contributed by atoms with Gasteiger partial charge in [-0.1, -0.05) is 32.5 Å². The molecule has 0 radical (unpaired) electrons. The zero-order valence-corrected chi connectivity index (χ0v) is 13.3. The summed E-state index contributed by atoms with van der Waals surface area (Å²) in [5.41, 5.74) is 6.53. The zero-order chi connectivity index (χ0) is 15.8. The molecule has 0 aromatic rings. The van der Waals surface area contributed by atoms with Crippen LogP contribution < -0.4 is 5.73 Å². The number of nitriles is 1. The Labute approximate surface area is 128 Å². The van der Waals surface area contributed by atoms with E-state index in [1.165, 1.54) is 11.8 Å². The maximum absolute atomic E-state index is 12.4. The van der Waals surface area contributed by atoms with Crippen molar-refractivity contribution in [2.75, 3.05) is 5.75 Å². The van der Waals surface area contributed by atoms with Gasteiger partial charge in [-0.25, -0.2) is 4.99 Å². The van der Waals surface area contributed by atoms with Crippen LogP contribution in [0.4, 0.5) is 0 Å². The molecule has 0 fully saturated rings. The minimum Gasteiger partial charge on any atom is -0.369 e. The van der Waals surface area contributed by atoms with Crippen LogP contribution in [0, 0.1) is 28.6 Å². The van der Waals surface area contributed by atoms with Crippen molar-refractivity contribution < 1.29 is 9.59 Å². The number of primary amides is 1. The van der Waals surface area contributed by atoms with E-state index in [1.54, 1.807) is 0 Å². The summed E-state index contributed by atoms with van der Waals surface area (Å²) in [4.78, 5) is 27.9. The molecule has 2 atom stereocenters. The molecule has 5 nitrogen and oxygen atoms in total. The highest BCUT2D eigenvalue weighted by atomic mass is 32.2. The van der Waals surface area contributed by atoms with E-state index < -0.39 is 11.8 Å². The molecular weight excluding hydrogens is 286 g/mol. The predicted octanol–water partition coefficient (Wildman–Crippen LogP) is 2.04. The largest absolute Gasteiger partial charge is 0.369 e. The Morgan fingerprint density at radius 3 is 2.76 bits per heavy atom. The highest BCUT2D eigenvalue weighted by Gasteiger charge is 2.41. The van der Waals surface area contributed by atoms with Crippen LogP contribution in [0.25, 0.3) is 0 Å².